The molecule has 0 aromatic heterocycles. The Bertz CT molecular complexity index is 895. The van der Waals surface area contributed by atoms with Crippen LogP contribution in [0.3, 0.4) is 0 Å². The average Bonchev–Trinajstić information content (AvgIpc) is 3.35. The maximum absolute atomic E-state index is 12.6. The molecule has 0 saturated carbocycles. The Kier molecular flexibility index (Phi) is 3.40. The van der Waals surface area contributed by atoms with Gasteiger partial charge >= 0.3 is 6.09 Å². The third-order valence-electron chi connectivity index (χ3n) is 4.77. The lowest BCUT2D eigenvalue weighted by Crippen LogP contribution is -2.54. The first-order valence-corrected chi connectivity index (χ1v) is 8.17. The number of carbonyl (C=O) groups is 1. The molecule has 1 saturated heterocycles. The number of carbonyl (C=O) groups excluding carboxylic acids is 1. The minimum absolute atomic E-state index is 0.261. The number of benzene rings is 1. The highest BCUT2D eigenvalue weighted by atomic mass is 16.6. The van der Waals surface area contributed by atoms with Crippen molar-refractivity contribution in [2.45, 2.75) is 37.2 Å². The third kappa shape index (κ3) is 2.10. The third-order valence-corrected chi connectivity index (χ3v) is 4.77. The molecule has 126 valence electrons. The van der Waals surface area contributed by atoms with Gasteiger partial charge in [0.1, 0.15) is 12.1 Å². The van der Waals surface area contributed by atoms with Crippen molar-refractivity contribution in [3.63, 3.8) is 0 Å². The number of nitrogens with zero attached hydrogens (tertiary/aromatic N) is 1. The van der Waals surface area contributed by atoms with Gasteiger partial charge in [-0.3, -0.25) is 4.90 Å². The van der Waals surface area contributed by atoms with E-state index >= 15 is 0 Å². The monoisotopic (exact) mass is 335 g/mol. The lowest BCUT2D eigenvalue weighted by molar-refractivity contribution is 0.0264. The molecular formula is C20H17NO4. The Balaban J connectivity index is 1.96. The second-order valence-corrected chi connectivity index (χ2v) is 6.27. The van der Waals surface area contributed by atoms with Crippen molar-refractivity contribution in [2.24, 2.45) is 0 Å². The zero-order chi connectivity index (χ0) is 17.7. The van der Waals surface area contributed by atoms with Gasteiger partial charge in [-0.05, 0) is 32.1 Å². The van der Waals surface area contributed by atoms with E-state index < -0.39 is 29.4 Å². The predicted molar refractivity (Wildman–Crippen MR) is 91.6 cm³/mol. The summed E-state index contributed by atoms with van der Waals surface area (Å²) in [5.74, 6) is 11.6. The van der Waals surface area contributed by atoms with Gasteiger partial charge in [0, 0.05) is 5.56 Å². The van der Waals surface area contributed by atoms with E-state index in [-0.39, 0.29) is 6.61 Å². The Hall–Kier alpha value is -2.73. The molecule has 1 aromatic carbocycles. The summed E-state index contributed by atoms with van der Waals surface area (Å²) >= 11 is 0. The van der Waals surface area contributed by atoms with Crippen LogP contribution < -0.4 is 4.90 Å². The summed E-state index contributed by atoms with van der Waals surface area (Å²) in [6.45, 7) is 3.65. The predicted octanol–water partition coefficient (Wildman–Crippen LogP) is 1.95. The Morgan fingerprint density at radius 1 is 1.36 bits per heavy atom. The standard InChI is InChI=1S/C20H17NO4/c1-3-24-18(22)21-15-11-8-7-10-14(15)20-17(25-20)16(21)12-6-4-5-9-13-19(20,2)23/h4-5,7-8,10-11,16-17,23H,3H2,1-2H3/b5-4-/t16-,17-,19+,20+/m1/s1. The molecule has 5 heteroatoms. The molecule has 5 nitrogen and oxygen atoms in total. The van der Waals surface area contributed by atoms with Crippen LogP contribution in [0.2, 0.25) is 0 Å². The quantitative estimate of drug-likeness (QED) is 0.629. The highest BCUT2D eigenvalue weighted by Crippen LogP contribution is 2.61. The highest BCUT2D eigenvalue weighted by Gasteiger charge is 2.74. The number of para-hydroxylation sites is 1. The number of ether oxygens (including phenoxy) is 2. The molecule has 4 atom stereocenters. The minimum atomic E-state index is -1.42. The number of aliphatic hydroxyl groups is 1. The number of hydrogen-bond donors (Lipinski definition) is 1. The zero-order valence-electron chi connectivity index (χ0n) is 13.9. The summed E-state index contributed by atoms with van der Waals surface area (Å²) < 4.78 is 11.3. The van der Waals surface area contributed by atoms with Gasteiger partial charge in [0.2, 0.25) is 0 Å². The first kappa shape index (κ1) is 15.8. The van der Waals surface area contributed by atoms with Crippen LogP contribution in [0.1, 0.15) is 19.4 Å². The summed E-state index contributed by atoms with van der Waals surface area (Å²) in [6.07, 6.45) is 2.22. The Morgan fingerprint density at radius 2 is 2.12 bits per heavy atom. The second kappa shape index (κ2) is 5.39. The summed E-state index contributed by atoms with van der Waals surface area (Å²) in [5.41, 5.74) is -1.09. The molecule has 2 bridgehead atoms. The van der Waals surface area contributed by atoms with Crippen molar-refractivity contribution in [3.05, 3.63) is 42.0 Å². The van der Waals surface area contributed by atoms with Gasteiger partial charge in [-0.15, -0.1) is 0 Å². The van der Waals surface area contributed by atoms with Crippen molar-refractivity contribution < 1.29 is 19.4 Å². The maximum Gasteiger partial charge on any atom is 0.415 e. The highest BCUT2D eigenvalue weighted by molar-refractivity contribution is 5.92. The molecule has 0 unspecified atom stereocenters. The molecule has 1 aliphatic carbocycles. The van der Waals surface area contributed by atoms with Crippen molar-refractivity contribution in [1.82, 2.24) is 0 Å². The molecule has 2 aliphatic heterocycles. The van der Waals surface area contributed by atoms with E-state index in [1.54, 1.807) is 26.0 Å². The molecule has 0 radical (unpaired) electrons. The van der Waals surface area contributed by atoms with E-state index in [1.165, 1.54) is 4.90 Å². The van der Waals surface area contributed by atoms with Gasteiger partial charge < -0.3 is 14.6 Å². The fraction of sp³-hybridized carbons (Fsp3) is 0.350. The fourth-order valence-corrected chi connectivity index (χ4v) is 3.64. The number of anilines is 1. The first-order chi connectivity index (χ1) is 12.0. The molecule has 2 heterocycles. The lowest BCUT2D eigenvalue weighted by Gasteiger charge is -2.38. The van der Waals surface area contributed by atoms with Crippen LogP contribution in [0.5, 0.6) is 0 Å². The fourth-order valence-electron chi connectivity index (χ4n) is 3.64. The second-order valence-electron chi connectivity index (χ2n) is 6.27. The van der Waals surface area contributed by atoms with Crippen molar-refractivity contribution in [2.75, 3.05) is 11.5 Å². The summed E-state index contributed by atoms with van der Waals surface area (Å²) in [4.78, 5) is 14.1. The zero-order valence-corrected chi connectivity index (χ0v) is 13.9. The van der Waals surface area contributed by atoms with Gasteiger partial charge in [-0.2, -0.15) is 0 Å². The topological polar surface area (TPSA) is 62.3 Å². The summed E-state index contributed by atoms with van der Waals surface area (Å²) in [5, 5.41) is 11.1. The van der Waals surface area contributed by atoms with Crippen LogP contribution >= 0.6 is 0 Å². The van der Waals surface area contributed by atoms with Gasteiger partial charge in [-0.1, -0.05) is 41.9 Å². The minimum Gasteiger partial charge on any atom is -0.449 e. The molecular weight excluding hydrogens is 318 g/mol. The Labute approximate surface area is 146 Å². The maximum atomic E-state index is 12.6. The Morgan fingerprint density at radius 3 is 2.92 bits per heavy atom. The van der Waals surface area contributed by atoms with Crippen LogP contribution in [0, 0.1) is 23.7 Å². The summed E-state index contributed by atoms with van der Waals surface area (Å²) in [7, 11) is 0. The number of allylic oxidation sites excluding steroid dienone is 2. The van der Waals surface area contributed by atoms with Gasteiger partial charge in [0.25, 0.3) is 0 Å². The normalized spacial score (nSPS) is 34.9. The van der Waals surface area contributed by atoms with Crippen LogP contribution in [-0.4, -0.2) is 35.6 Å². The SMILES string of the molecule is CCOC(=O)N1c2ccccc2[C@]23O[C@@H]2[C@H]1C#C/C=C\C#C[C@]3(C)O. The van der Waals surface area contributed by atoms with Crippen LogP contribution in [0.25, 0.3) is 0 Å². The number of epoxide rings is 1. The molecule has 1 fully saturated rings. The molecule has 1 amide bonds. The first-order valence-electron chi connectivity index (χ1n) is 8.17. The number of hydrogen-bond acceptors (Lipinski definition) is 4. The van der Waals surface area contributed by atoms with E-state index in [4.69, 9.17) is 9.47 Å². The van der Waals surface area contributed by atoms with E-state index in [9.17, 15) is 9.90 Å². The molecule has 3 aliphatic rings. The smallest absolute Gasteiger partial charge is 0.415 e. The van der Waals surface area contributed by atoms with Crippen molar-refractivity contribution in [1.29, 1.82) is 0 Å². The summed E-state index contributed by atoms with van der Waals surface area (Å²) in [6, 6.07) is 6.78. The van der Waals surface area contributed by atoms with E-state index in [2.05, 4.69) is 23.7 Å². The van der Waals surface area contributed by atoms with E-state index in [1.807, 2.05) is 24.3 Å². The molecule has 4 rings (SSSR count). The molecule has 25 heavy (non-hydrogen) atoms. The van der Waals surface area contributed by atoms with Crippen molar-refractivity contribution >= 4 is 11.8 Å². The average molecular weight is 335 g/mol. The lowest BCUT2D eigenvalue weighted by atomic mass is 9.75. The number of fused-ring (bicyclic) bond motifs is 1. The largest absolute Gasteiger partial charge is 0.449 e. The van der Waals surface area contributed by atoms with Crippen LogP contribution in [0.15, 0.2) is 36.4 Å². The van der Waals surface area contributed by atoms with E-state index in [0.29, 0.717) is 5.69 Å². The van der Waals surface area contributed by atoms with Gasteiger partial charge in [0.05, 0.1) is 12.3 Å². The molecule has 0 spiro atoms. The molecule has 1 N–H and O–H groups in total. The molecule has 1 aromatic rings. The van der Waals surface area contributed by atoms with Crippen molar-refractivity contribution in [3.8, 4) is 23.7 Å². The number of amides is 1. The van der Waals surface area contributed by atoms with Crippen LogP contribution in [-0.2, 0) is 15.1 Å². The van der Waals surface area contributed by atoms with E-state index in [0.717, 1.165) is 5.56 Å². The van der Waals surface area contributed by atoms with Crippen LogP contribution in [0.4, 0.5) is 10.5 Å². The van der Waals surface area contributed by atoms with Gasteiger partial charge in [0.15, 0.2) is 11.2 Å². The number of rotatable bonds is 1. The van der Waals surface area contributed by atoms with Gasteiger partial charge in [-0.25, -0.2) is 4.79 Å².